The molecule has 0 amide bonds. The van der Waals surface area contributed by atoms with Gasteiger partial charge in [-0.05, 0) is 36.2 Å². The number of β-amino-alcohol motifs (C(OH)–C–C–N with tert-alkyl or cyclic N) is 1. The molecule has 0 aliphatic carbocycles. The van der Waals surface area contributed by atoms with Gasteiger partial charge in [0, 0.05) is 13.1 Å². The van der Waals surface area contributed by atoms with E-state index in [1.165, 1.54) is 0 Å². The zero-order chi connectivity index (χ0) is 24.2. The fourth-order valence-corrected chi connectivity index (χ4v) is 3.52. The van der Waals surface area contributed by atoms with Gasteiger partial charge in [0.05, 0.1) is 41.4 Å². The second-order valence-electron chi connectivity index (χ2n) is 7.70. The number of benzene rings is 2. The molecule has 1 atom stereocenters. The van der Waals surface area contributed by atoms with Crippen molar-refractivity contribution >= 4 is 23.0 Å². The third-order valence-corrected chi connectivity index (χ3v) is 5.30. The van der Waals surface area contributed by atoms with Crippen molar-refractivity contribution in [2.24, 2.45) is 5.73 Å². The highest BCUT2D eigenvalue weighted by Crippen LogP contribution is 2.29. The maximum Gasteiger partial charge on any atom is 0.490 e. The number of aromatic nitrogens is 2. The number of nitriles is 1. The number of rotatable bonds is 4. The fraction of sp³-hybridized carbons (Fsp3) is 0.318. The van der Waals surface area contributed by atoms with Gasteiger partial charge in [-0.1, -0.05) is 24.3 Å². The van der Waals surface area contributed by atoms with E-state index in [0.717, 1.165) is 29.1 Å². The summed E-state index contributed by atoms with van der Waals surface area (Å²) in [4.78, 5) is 15.8. The van der Waals surface area contributed by atoms with Crippen molar-refractivity contribution in [2.45, 2.75) is 24.7 Å². The Labute approximate surface area is 187 Å². The summed E-state index contributed by atoms with van der Waals surface area (Å²) in [5, 5.41) is 26.6. The van der Waals surface area contributed by atoms with Gasteiger partial charge in [0.1, 0.15) is 0 Å². The van der Waals surface area contributed by atoms with E-state index in [-0.39, 0.29) is 6.54 Å². The van der Waals surface area contributed by atoms with Crippen molar-refractivity contribution < 1.29 is 28.2 Å². The summed E-state index contributed by atoms with van der Waals surface area (Å²) >= 11 is 0. The molecule has 1 aliphatic rings. The van der Waals surface area contributed by atoms with E-state index < -0.39 is 17.7 Å². The number of hydrogen-bond donors (Lipinski definition) is 3. The number of hydrogen-bond acceptors (Lipinski definition) is 6. The minimum absolute atomic E-state index is 0.249. The van der Waals surface area contributed by atoms with Crippen LogP contribution in [-0.2, 0) is 11.3 Å². The number of aliphatic carboxylic acids is 1. The predicted octanol–water partition coefficient (Wildman–Crippen LogP) is 2.49. The van der Waals surface area contributed by atoms with Crippen molar-refractivity contribution in [2.75, 3.05) is 24.5 Å². The molecule has 1 fully saturated rings. The molecule has 0 bridgehead atoms. The number of halogens is 3. The fourth-order valence-electron chi connectivity index (χ4n) is 3.52. The lowest BCUT2D eigenvalue weighted by atomic mass is 10.0. The number of fused-ring (bicyclic) bond motifs is 1. The highest BCUT2D eigenvalue weighted by atomic mass is 19.4. The van der Waals surface area contributed by atoms with Crippen LogP contribution in [0.4, 0.5) is 19.1 Å². The van der Waals surface area contributed by atoms with Gasteiger partial charge < -0.3 is 25.4 Å². The van der Waals surface area contributed by atoms with Crippen LogP contribution in [0.3, 0.4) is 0 Å². The van der Waals surface area contributed by atoms with E-state index in [1.807, 2.05) is 42.5 Å². The highest BCUT2D eigenvalue weighted by Gasteiger charge is 2.38. The monoisotopic (exact) mass is 461 g/mol. The highest BCUT2D eigenvalue weighted by molar-refractivity contribution is 5.79. The molecule has 2 aromatic carbocycles. The van der Waals surface area contributed by atoms with Gasteiger partial charge >= 0.3 is 12.1 Å². The lowest BCUT2D eigenvalue weighted by Gasteiger charge is -2.23. The van der Waals surface area contributed by atoms with Gasteiger partial charge in [0.25, 0.3) is 0 Å². The van der Waals surface area contributed by atoms with Crippen LogP contribution in [0.5, 0.6) is 0 Å². The van der Waals surface area contributed by atoms with Crippen LogP contribution >= 0.6 is 0 Å². The summed E-state index contributed by atoms with van der Waals surface area (Å²) in [6.45, 7) is 2.11. The first-order valence-corrected chi connectivity index (χ1v) is 9.98. The molecule has 0 unspecified atom stereocenters. The summed E-state index contributed by atoms with van der Waals surface area (Å²) < 4.78 is 33.9. The van der Waals surface area contributed by atoms with Crippen LogP contribution < -0.4 is 10.6 Å². The van der Waals surface area contributed by atoms with Crippen LogP contribution in [0, 0.1) is 11.3 Å². The van der Waals surface area contributed by atoms with Crippen LogP contribution in [0.1, 0.15) is 17.5 Å². The van der Waals surface area contributed by atoms with Crippen molar-refractivity contribution in [3.8, 4) is 6.07 Å². The smallest absolute Gasteiger partial charge is 0.475 e. The van der Waals surface area contributed by atoms with Crippen molar-refractivity contribution in [1.82, 2.24) is 9.55 Å². The Morgan fingerprint density at radius 1 is 1.21 bits per heavy atom. The molecule has 8 nitrogen and oxygen atoms in total. The standard InChI is InChI=1S/C20H21N5O.C2HF3O2/c21-11-15-5-7-16(8-6-15)12-25-18-4-2-1-3-17(18)23-19(25)24-10-9-20(26,13-22)14-24;3-2(4,5)1(6)7/h1-8,26H,9-10,12-14,22H2;(H,6,7)/t20-;/m0./s1. The number of nitrogens with zero attached hydrogens (tertiary/aromatic N) is 4. The molecule has 11 heteroatoms. The summed E-state index contributed by atoms with van der Waals surface area (Å²) in [5.41, 5.74) is 8.62. The van der Waals surface area contributed by atoms with E-state index in [0.29, 0.717) is 25.1 Å². The molecule has 4 N–H and O–H groups in total. The third kappa shape index (κ3) is 5.60. The minimum atomic E-state index is -5.08. The average molecular weight is 461 g/mol. The van der Waals surface area contributed by atoms with Crippen LogP contribution in [0.2, 0.25) is 0 Å². The summed E-state index contributed by atoms with van der Waals surface area (Å²) in [6.07, 6.45) is -4.44. The van der Waals surface area contributed by atoms with Gasteiger partial charge in [-0.3, -0.25) is 0 Å². The molecule has 33 heavy (non-hydrogen) atoms. The lowest BCUT2D eigenvalue weighted by Crippen LogP contribution is -2.41. The molecular formula is C22H22F3N5O3. The Morgan fingerprint density at radius 3 is 2.39 bits per heavy atom. The van der Waals surface area contributed by atoms with Crippen molar-refractivity contribution in [1.29, 1.82) is 5.26 Å². The minimum Gasteiger partial charge on any atom is -0.475 e. The van der Waals surface area contributed by atoms with E-state index in [9.17, 15) is 18.3 Å². The number of nitrogens with two attached hydrogens (primary N) is 1. The zero-order valence-corrected chi connectivity index (χ0v) is 17.5. The first-order valence-electron chi connectivity index (χ1n) is 9.98. The SMILES string of the molecule is N#Cc1ccc(Cn2c(N3CC[C@](O)(CN)C3)nc3ccccc32)cc1.O=C(O)C(F)(F)F. The van der Waals surface area contributed by atoms with Crippen molar-refractivity contribution in [3.63, 3.8) is 0 Å². The summed E-state index contributed by atoms with van der Waals surface area (Å²) in [7, 11) is 0. The largest absolute Gasteiger partial charge is 0.490 e. The third-order valence-electron chi connectivity index (χ3n) is 5.30. The molecule has 0 saturated carbocycles. The molecule has 0 radical (unpaired) electrons. The van der Waals surface area contributed by atoms with Gasteiger partial charge in [-0.25, -0.2) is 9.78 Å². The van der Waals surface area contributed by atoms with Gasteiger partial charge in [0.15, 0.2) is 0 Å². The number of anilines is 1. The number of imidazole rings is 1. The van der Waals surface area contributed by atoms with E-state index >= 15 is 0 Å². The second kappa shape index (κ2) is 9.48. The topological polar surface area (TPSA) is 128 Å². The number of carboxylic acids is 1. The molecule has 1 saturated heterocycles. The Morgan fingerprint density at radius 2 is 1.85 bits per heavy atom. The molecule has 0 spiro atoms. The van der Waals surface area contributed by atoms with Crippen molar-refractivity contribution in [3.05, 3.63) is 59.7 Å². The Bertz CT molecular complexity index is 1170. The molecule has 2 heterocycles. The van der Waals surface area contributed by atoms with Crippen LogP contribution in [0.25, 0.3) is 11.0 Å². The first kappa shape index (κ1) is 24.0. The number of carboxylic acid groups (broad SMARTS) is 1. The maximum atomic E-state index is 10.6. The Balaban J connectivity index is 0.000000383. The molecule has 3 aromatic rings. The number of carbonyl (C=O) groups is 1. The van der Waals surface area contributed by atoms with Gasteiger partial charge in [0.2, 0.25) is 5.95 Å². The van der Waals surface area contributed by atoms with Crippen LogP contribution in [0.15, 0.2) is 48.5 Å². The summed E-state index contributed by atoms with van der Waals surface area (Å²) in [5.74, 6) is -1.91. The van der Waals surface area contributed by atoms with E-state index in [2.05, 4.69) is 21.6 Å². The quantitative estimate of drug-likeness (QED) is 0.545. The molecule has 1 aromatic heterocycles. The molecule has 174 valence electrons. The molecule has 1 aliphatic heterocycles. The van der Waals surface area contributed by atoms with E-state index in [1.54, 1.807) is 0 Å². The zero-order valence-electron chi connectivity index (χ0n) is 17.5. The van der Waals surface area contributed by atoms with Crippen LogP contribution in [-0.4, -0.2) is 57.1 Å². The van der Waals surface area contributed by atoms with Gasteiger partial charge in [-0.15, -0.1) is 0 Å². The molecular weight excluding hydrogens is 439 g/mol. The normalized spacial score (nSPS) is 18.0. The van der Waals surface area contributed by atoms with E-state index in [4.69, 9.17) is 25.9 Å². The average Bonchev–Trinajstić information content (AvgIpc) is 3.35. The number of aliphatic hydroxyl groups is 1. The Kier molecular flexibility index (Phi) is 6.90. The lowest BCUT2D eigenvalue weighted by molar-refractivity contribution is -0.192. The number of para-hydroxylation sites is 2. The van der Waals surface area contributed by atoms with Gasteiger partial charge in [-0.2, -0.15) is 18.4 Å². The Hall–Kier alpha value is -3.62. The predicted molar refractivity (Wildman–Crippen MR) is 115 cm³/mol. The maximum absolute atomic E-state index is 10.6. The summed E-state index contributed by atoms with van der Waals surface area (Å²) in [6, 6.07) is 17.8. The number of alkyl halides is 3. The first-order chi connectivity index (χ1) is 15.6. The molecule has 4 rings (SSSR count). The second-order valence-corrected chi connectivity index (χ2v) is 7.70.